The molecule has 10 nitrogen and oxygen atoms in total. The highest BCUT2D eigenvalue weighted by Gasteiger charge is 2.26. The van der Waals surface area contributed by atoms with E-state index in [9.17, 15) is 0 Å². The van der Waals surface area contributed by atoms with Crippen molar-refractivity contribution in [2.75, 3.05) is 66.9 Å². The second kappa shape index (κ2) is 17.6. The van der Waals surface area contributed by atoms with Crippen molar-refractivity contribution in [3.8, 4) is 57.0 Å². The molecule has 0 spiro atoms. The van der Waals surface area contributed by atoms with Crippen LogP contribution in [0.5, 0.6) is 34.5 Å². The van der Waals surface area contributed by atoms with Crippen LogP contribution in [0.4, 0.5) is 5.69 Å². The minimum atomic E-state index is 0.380. The number of ether oxygens (including phenoxy) is 6. The van der Waals surface area contributed by atoms with Gasteiger partial charge in [0.1, 0.15) is 0 Å². The van der Waals surface area contributed by atoms with Crippen LogP contribution in [0.2, 0.25) is 0 Å². The lowest BCUT2D eigenvalue weighted by molar-refractivity contribution is 0.201. The van der Waals surface area contributed by atoms with Gasteiger partial charge in [0.05, 0.1) is 54.0 Å². The van der Waals surface area contributed by atoms with E-state index >= 15 is 0 Å². The molecular weight excluding hydrogens is 689 g/mol. The first kappa shape index (κ1) is 37.6. The number of likely N-dealkylation sites (tertiary alicyclic amines) is 1. The van der Waals surface area contributed by atoms with Gasteiger partial charge in [-0.3, -0.25) is 14.9 Å². The predicted molar refractivity (Wildman–Crippen MR) is 211 cm³/mol. The fourth-order valence-corrected chi connectivity index (χ4v) is 7.39. The minimum absolute atomic E-state index is 0.380. The molecule has 53 heavy (non-hydrogen) atoms. The molecule has 1 fully saturated rings. The largest absolute Gasteiger partial charge is 0.493 e. The number of aromatic nitrogens is 2. The Morgan fingerprint density at radius 3 is 1.79 bits per heavy atom. The first-order valence-corrected chi connectivity index (χ1v) is 18.8. The van der Waals surface area contributed by atoms with Crippen LogP contribution >= 0.6 is 11.8 Å². The van der Waals surface area contributed by atoms with Gasteiger partial charge in [-0.25, -0.2) is 0 Å². The molecule has 3 aromatic carbocycles. The molecule has 2 aromatic heterocycles. The van der Waals surface area contributed by atoms with Crippen molar-refractivity contribution in [3.05, 3.63) is 96.3 Å². The van der Waals surface area contributed by atoms with E-state index in [2.05, 4.69) is 69.6 Å². The number of hydrogen-bond donors (Lipinski definition) is 0. The Balaban J connectivity index is 1.17. The standard InChI is InChI=1S/C42H48N4O6S/c1-47-37-20-30(21-38(48-2)41(37)51-5)35-12-11-29(25-44-35)27-46(33-9-8-10-34(24-33)53-7)32-14-17-45(18-15-32)26-28-13-16-43-36(19-28)31-22-39(49-3)42(52-6)40(23-31)50-4/h8-13,16,19-25,32H,14-15,17-18,26-27H2,1-7H3. The van der Waals surface area contributed by atoms with Crippen LogP contribution in [-0.4, -0.2) is 82.9 Å². The van der Waals surface area contributed by atoms with Gasteiger partial charge in [-0.05, 0) is 90.9 Å². The fourth-order valence-electron chi connectivity index (χ4n) is 6.94. The zero-order valence-electron chi connectivity index (χ0n) is 31.5. The number of anilines is 1. The molecule has 0 amide bonds. The Hall–Kier alpha value is -5.13. The number of pyridine rings is 2. The summed E-state index contributed by atoms with van der Waals surface area (Å²) in [7, 11) is 9.71. The Morgan fingerprint density at radius 1 is 0.660 bits per heavy atom. The molecule has 3 heterocycles. The van der Waals surface area contributed by atoms with E-state index in [4.69, 9.17) is 33.4 Å². The van der Waals surface area contributed by atoms with Crippen molar-refractivity contribution in [1.82, 2.24) is 14.9 Å². The molecule has 1 aliphatic rings. The molecule has 278 valence electrons. The summed E-state index contributed by atoms with van der Waals surface area (Å²) in [5.41, 5.74) is 7.09. The van der Waals surface area contributed by atoms with E-state index in [0.29, 0.717) is 40.5 Å². The van der Waals surface area contributed by atoms with Gasteiger partial charge in [0.25, 0.3) is 0 Å². The van der Waals surface area contributed by atoms with Crippen LogP contribution in [0, 0.1) is 0 Å². The molecule has 0 unspecified atom stereocenters. The molecule has 1 aliphatic heterocycles. The molecule has 1 saturated heterocycles. The van der Waals surface area contributed by atoms with Crippen LogP contribution in [-0.2, 0) is 13.1 Å². The zero-order valence-corrected chi connectivity index (χ0v) is 32.4. The van der Waals surface area contributed by atoms with Crippen LogP contribution in [0.25, 0.3) is 22.5 Å². The zero-order chi connectivity index (χ0) is 37.3. The SMILES string of the molecule is COc1cc(-c2ccc(CN(c3cccc(SC)c3)C3CCN(Cc4ccnc(-c5cc(OC)c(OC)c(OC)c5)c4)CC3)cn2)cc(OC)c1OC. The average Bonchev–Trinajstić information content (AvgIpc) is 3.22. The van der Waals surface area contributed by atoms with Gasteiger partial charge < -0.3 is 33.3 Å². The number of methoxy groups -OCH3 is 6. The van der Waals surface area contributed by atoms with Crippen molar-refractivity contribution < 1.29 is 28.4 Å². The van der Waals surface area contributed by atoms with Crippen molar-refractivity contribution in [2.45, 2.75) is 36.9 Å². The van der Waals surface area contributed by atoms with E-state index in [0.717, 1.165) is 67.1 Å². The van der Waals surface area contributed by atoms with E-state index in [-0.39, 0.29) is 0 Å². The normalized spacial score (nSPS) is 13.3. The van der Waals surface area contributed by atoms with Crippen molar-refractivity contribution in [3.63, 3.8) is 0 Å². The first-order chi connectivity index (χ1) is 25.9. The second-order valence-corrected chi connectivity index (χ2v) is 13.6. The molecule has 0 atom stereocenters. The maximum absolute atomic E-state index is 5.59. The summed E-state index contributed by atoms with van der Waals surface area (Å²) >= 11 is 1.77. The molecular formula is C42H48N4O6S. The summed E-state index contributed by atoms with van der Waals surface area (Å²) in [6, 6.07) is 25.5. The summed E-state index contributed by atoms with van der Waals surface area (Å²) in [6.45, 7) is 3.58. The highest BCUT2D eigenvalue weighted by Crippen LogP contribution is 2.42. The van der Waals surface area contributed by atoms with Gasteiger partial charge >= 0.3 is 0 Å². The third-order valence-corrected chi connectivity index (χ3v) is 10.4. The quantitative estimate of drug-likeness (QED) is 0.0974. The highest BCUT2D eigenvalue weighted by molar-refractivity contribution is 7.98. The molecule has 0 aliphatic carbocycles. The summed E-state index contributed by atoms with van der Waals surface area (Å²) in [4.78, 5) is 15.9. The van der Waals surface area contributed by atoms with Crippen molar-refractivity contribution in [2.24, 2.45) is 0 Å². The second-order valence-electron chi connectivity index (χ2n) is 12.8. The molecule has 0 N–H and O–H groups in total. The van der Waals surface area contributed by atoms with Crippen LogP contribution in [0.3, 0.4) is 0 Å². The number of rotatable bonds is 15. The van der Waals surface area contributed by atoms with E-state index in [1.807, 2.05) is 36.7 Å². The number of nitrogens with zero attached hydrogens (tertiary/aromatic N) is 4. The van der Waals surface area contributed by atoms with Crippen LogP contribution < -0.4 is 33.3 Å². The van der Waals surface area contributed by atoms with Crippen molar-refractivity contribution >= 4 is 17.4 Å². The molecule has 0 saturated carbocycles. The minimum Gasteiger partial charge on any atom is -0.493 e. The predicted octanol–water partition coefficient (Wildman–Crippen LogP) is 8.26. The maximum atomic E-state index is 5.59. The van der Waals surface area contributed by atoms with Gasteiger partial charge in [-0.2, -0.15) is 0 Å². The van der Waals surface area contributed by atoms with Gasteiger partial charge in [-0.1, -0.05) is 12.1 Å². The van der Waals surface area contributed by atoms with E-state index < -0.39 is 0 Å². The molecule has 11 heteroatoms. The maximum Gasteiger partial charge on any atom is 0.203 e. The Morgan fingerprint density at radius 2 is 1.26 bits per heavy atom. The molecule has 5 aromatic rings. The highest BCUT2D eigenvalue weighted by atomic mass is 32.2. The summed E-state index contributed by atoms with van der Waals surface area (Å²) < 4.78 is 33.4. The number of hydrogen-bond acceptors (Lipinski definition) is 11. The number of benzene rings is 3. The number of thioether (sulfide) groups is 1. The lowest BCUT2D eigenvalue weighted by Gasteiger charge is -2.40. The first-order valence-electron chi connectivity index (χ1n) is 17.6. The summed E-state index contributed by atoms with van der Waals surface area (Å²) in [5.74, 6) is 3.54. The smallest absolute Gasteiger partial charge is 0.203 e. The Kier molecular flexibility index (Phi) is 12.5. The topological polar surface area (TPSA) is 87.6 Å². The van der Waals surface area contributed by atoms with Gasteiger partial charge in [0.15, 0.2) is 23.0 Å². The van der Waals surface area contributed by atoms with Crippen LogP contribution in [0.15, 0.2) is 90.1 Å². The third kappa shape index (κ3) is 8.58. The number of piperidine rings is 1. The van der Waals surface area contributed by atoms with Gasteiger partial charge in [-0.15, -0.1) is 11.8 Å². The molecule has 0 bridgehead atoms. The van der Waals surface area contributed by atoms with Crippen LogP contribution in [0.1, 0.15) is 24.0 Å². The summed E-state index contributed by atoms with van der Waals surface area (Å²) in [6.07, 6.45) is 8.08. The van der Waals surface area contributed by atoms with Gasteiger partial charge in [0.2, 0.25) is 11.5 Å². The van der Waals surface area contributed by atoms with Crippen molar-refractivity contribution in [1.29, 1.82) is 0 Å². The molecule has 0 radical (unpaired) electrons. The average molecular weight is 737 g/mol. The van der Waals surface area contributed by atoms with E-state index in [1.165, 1.54) is 16.1 Å². The third-order valence-electron chi connectivity index (χ3n) is 9.71. The summed E-state index contributed by atoms with van der Waals surface area (Å²) in [5, 5.41) is 0. The molecule has 6 rings (SSSR count). The Bertz CT molecular complexity index is 1930. The lowest BCUT2D eigenvalue weighted by atomic mass is 10.00. The van der Waals surface area contributed by atoms with Gasteiger partial charge in [0, 0.05) is 66.3 Å². The Labute approximate surface area is 317 Å². The fraction of sp³-hybridized carbons (Fsp3) is 0.333. The monoisotopic (exact) mass is 736 g/mol. The van der Waals surface area contributed by atoms with E-state index in [1.54, 1.807) is 54.4 Å². The lowest BCUT2D eigenvalue weighted by Crippen LogP contribution is -2.44.